The van der Waals surface area contributed by atoms with Gasteiger partial charge in [-0.25, -0.2) is 0 Å². The maximum Gasteiger partial charge on any atom is 0.227 e. The normalized spacial score (nSPS) is 14.7. The van der Waals surface area contributed by atoms with Crippen LogP contribution in [0, 0.1) is 0 Å². The van der Waals surface area contributed by atoms with Crippen LogP contribution in [0.1, 0.15) is 25.3 Å². The number of carbonyl (C=O) groups excluding carboxylic acids is 1. The maximum atomic E-state index is 11.9. The molecule has 1 aliphatic rings. The predicted molar refractivity (Wildman–Crippen MR) is 72.6 cm³/mol. The lowest BCUT2D eigenvalue weighted by atomic mass is 10.0. The molecule has 0 saturated heterocycles. The molecular weight excluding hydrogens is 228 g/mol. The van der Waals surface area contributed by atoms with Crippen LogP contribution in [0.5, 0.6) is 0 Å². The lowest BCUT2D eigenvalue weighted by Crippen LogP contribution is -2.37. The number of amides is 1. The molecule has 0 aliphatic carbocycles. The third kappa shape index (κ3) is 2.82. The Morgan fingerprint density at radius 3 is 2.94 bits per heavy atom. The van der Waals surface area contributed by atoms with Gasteiger partial charge in [0.2, 0.25) is 5.91 Å². The van der Waals surface area contributed by atoms with E-state index in [0.29, 0.717) is 19.6 Å². The van der Waals surface area contributed by atoms with Crippen LogP contribution in [0.15, 0.2) is 18.2 Å². The minimum Gasteiger partial charge on any atom is -0.399 e. The molecule has 0 fully saturated rings. The summed E-state index contributed by atoms with van der Waals surface area (Å²) >= 11 is 0. The van der Waals surface area contributed by atoms with Crippen molar-refractivity contribution in [2.24, 2.45) is 0 Å². The number of hydrogen-bond donors (Lipinski definition) is 1. The first-order valence-electron chi connectivity index (χ1n) is 6.49. The van der Waals surface area contributed by atoms with E-state index < -0.39 is 0 Å². The Morgan fingerprint density at radius 1 is 1.33 bits per heavy atom. The highest BCUT2D eigenvalue weighted by atomic mass is 16.5. The molecule has 98 valence electrons. The highest BCUT2D eigenvalue weighted by molar-refractivity contribution is 5.96. The molecule has 0 bridgehead atoms. The van der Waals surface area contributed by atoms with E-state index in [2.05, 4.69) is 6.92 Å². The first kappa shape index (κ1) is 12.9. The topological polar surface area (TPSA) is 55.6 Å². The monoisotopic (exact) mass is 248 g/mol. The summed E-state index contributed by atoms with van der Waals surface area (Å²) in [5.74, 6) is 0.173. The fourth-order valence-corrected chi connectivity index (χ4v) is 2.23. The Kier molecular flexibility index (Phi) is 4.20. The molecule has 1 heterocycles. The summed E-state index contributed by atoms with van der Waals surface area (Å²) in [6, 6.07) is 5.74. The Labute approximate surface area is 108 Å². The van der Waals surface area contributed by atoms with Gasteiger partial charge in [-0.05, 0) is 36.6 Å². The molecule has 2 rings (SSSR count). The summed E-state index contributed by atoms with van der Waals surface area (Å²) in [6.07, 6.45) is 2.34. The molecular formula is C14H20N2O2. The van der Waals surface area contributed by atoms with Gasteiger partial charge in [0, 0.05) is 30.9 Å². The number of rotatable bonds is 5. The summed E-state index contributed by atoms with van der Waals surface area (Å²) in [6.45, 7) is 4.03. The van der Waals surface area contributed by atoms with Gasteiger partial charge < -0.3 is 15.4 Å². The van der Waals surface area contributed by atoms with E-state index in [9.17, 15) is 4.79 Å². The second-order valence-corrected chi connectivity index (χ2v) is 4.55. The van der Waals surface area contributed by atoms with Gasteiger partial charge in [-0.3, -0.25) is 4.79 Å². The minimum atomic E-state index is 0.173. The van der Waals surface area contributed by atoms with Crippen molar-refractivity contribution in [1.29, 1.82) is 0 Å². The van der Waals surface area contributed by atoms with Gasteiger partial charge in [0.25, 0.3) is 0 Å². The van der Waals surface area contributed by atoms with Crippen LogP contribution in [-0.2, 0) is 16.0 Å². The van der Waals surface area contributed by atoms with Crippen molar-refractivity contribution in [1.82, 2.24) is 0 Å². The number of hydrogen-bond acceptors (Lipinski definition) is 3. The Morgan fingerprint density at radius 2 is 2.17 bits per heavy atom. The van der Waals surface area contributed by atoms with Crippen molar-refractivity contribution in [2.75, 3.05) is 30.4 Å². The van der Waals surface area contributed by atoms with Crippen LogP contribution in [-0.4, -0.2) is 25.7 Å². The number of nitrogens with zero attached hydrogens (tertiary/aromatic N) is 1. The molecule has 1 amide bonds. The zero-order valence-electron chi connectivity index (χ0n) is 10.8. The van der Waals surface area contributed by atoms with Crippen molar-refractivity contribution >= 4 is 17.3 Å². The van der Waals surface area contributed by atoms with E-state index in [1.807, 2.05) is 23.1 Å². The first-order chi connectivity index (χ1) is 8.72. The van der Waals surface area contributed by atoms with E-state index in [0.717, 1.165) is 36.4 Å². The number of ether oxygens (including phenoxy) is 1. The molecule has 0 aromatic heterocycles. The molecule has 1 aromatic carbocycles. The average molecular weight is 248 g/mol. The Balaban J connectivity index is 2.08. The molecule has 0 saturated carbocycles. The summed E-state index contributed by atoms with van der Waals surface area (Å²) in [4.78, 5) is 13.8. The zero-order chi connectivity index (χ0) is 13.0. The molecule has 0 radical (unpaired) electrons. The molecule has 1 aliphatic heterocycles. The van der Waals surface area contributed by atoms with Crippen molar-refractivity contribution < 1.29 is 9.53 Å². The quantitative estimate of drug-likeness (QED) is 0.640. The standard InChI is InChI=1S/C14H20N2O2/c1-2-8-18-9-7-16-13-5-4-12(15)10-11(13)3-6-14(16)17/h4-5,10H,2-3,6-9,15H2,1H3. The highest BCUT2D eigenvalue weighted by Gasteiger charge is 2.23. The zero-order valence-corrected chi connectivity index (χ0v) is 10.8. The fraction of sp³-hybridized carbons (Fsp3) is 0.500. The summed E-state index contributed by atoms with van der Waals surface area (Å²) < 4.78 is 5.45. The number of carbonyl (C=O) groups is 1. The molecule has 0 unspecified atom stereocenters. The van der Waals surface area contributed by atoms with E-state index >= 15 is 0 Å². The van der Waals surface area contributed by atoms with Gasteiger partial charge in [-0.2, -0.15) is 0 Å². The predicted octanol–water partition coefficient (Wildman–Crippen LogP) is 1.97. The minimum absolute atomic E-state index is 0.173. The van der Waals surface area contributed by atoms with E-state index in [4.69, 9.17) is 10.5 Å². The molecule has 1 aromatic rings. The second kappa shape index (κ2) is 5.87. The van der Waals surface area contributed by atoms with Gasteiger partial charge in [-0.15, -0.1) is 0 Å². The van der Waals surface area contributed by atoms with Crippen molar-refractivity contribution in [3.05, 3.63) is 23.8 Å². The van der Waals surface area contributed by atoms with Crippen LogP contribution in [0.2, 0.25) is 0 Å². The van der Waals surface area contributed by atoms with Crippen molar-refractivity contribution in [3.63, 3.8) is 0 Å². The number of fused-ring (bicyclic) bond motifs is 1. The molecule has 0 atom stereocenters. The van der Waals surface area contributed by atoms with E-state index in [-0.39, 0.29) is 5.91 Å². The third-order valence-corrected chi connectivity index (χ3v) is 3.11. The van der Waals surface area contributed by atoms with Gasteiger partial charge >= 0.3 is 0 Å². The molecule has 0 spiro atoms. The van der Waals surface area contributed by atoms with Crippen LogP contribution in [0.25, 0.3) is 0 Å². The van der Waals surface area contributed by atoms with Crippen LogP contribution in [0.4, 0.5) is 11.4 Å². The number of nitrogen functional groups attached to an aromatic ring is 1. The van der Waals surface area contributed by atoms with Gasteiger partial charge in [0.1, 0.15) is 0 Å². The lowest BCUT2D eigenvalue weighted by molar-refractivity contribution is -0.119. The van der Waals surface area contributed by atoms with Gasteiger partial charge in [0.15, 0.2) is 0 Å². The van der Waals surface area contributed by atoms with E-state index in [1.54, 1.807) is 0 Å². The SMILES string of the molecule is CCCOCCN1C(=O)CCc2cc(N)ccc21. The fourth-order valence-electron chi connectivity index (χ4n) is 2.23. The molecule has 18 heavy (non-hydrogen) atoms. The first-order valence-corrected chi connectivity index (χ1v) is 6.49. The van der Waals surface area contributed by atoms with Crippen molar-refractivity contribution in [2.45, 2.75) is 26.2 Å². The van der Waals surface area contributed by atoms with Crippen LogP contribution in [0.3, 0.4) is 0 Å². The molecule has 2 N–H and O–H groups in total. The van der Waals surface area contributed by atoms with Gasteiger partial charge in [0.05, 0.1) is 6.61 Å². The average Bonchev–Trinajstić information content (AvgIpc) is 2.37. The lowest BCUT2D eigenvalue weighted by Gasteiger charge is -2.29. The van der Waals surface area contributed by atoms with Crippen LogP contribution >= 0.6 is 0 Å². The summed E-state index contributed by atoms with van der Waals surface area (Å²) in [5.41, 5.74) is 8.67. The summed E-state index contributed by atoms with van der Waals surface area (Å²) in [7, 11) is 0. The number of benzene rings is 1. The molecule has 4 heteroatoms. The number of nitrogens with two attached hydrogens (primary N) is 1. The van der Waals surface area contributed by atoms with Crippen LogP contribution < -0.4 is 10.6 Å². The second-order valence-electron chi connectivity index (χ2n) is 4.55. The smallest absolute Gasteiger partial charge is 0.227 e. The van der Waals surface area contributed by atoms with E-state index in [1.165, 1.54) is 0 Å². The third-order valence-electron chi connectivity index (χ3n) is 3.11. The summed E-state index contributed by atoms with van der Waals surface area (Å²) in [5, 5.41) is 0. The van der Waals surface area contributed by atoms with Crippen molar-refractivity contribution in [3.8, 4) is 0 Å². The number of aryl methyl sites for hydroxylation is 1. The highest BCUT2D eigenvalue weighted by Crippen LogP contribution is 2.29. The molecule has 4 nitrogen and oxygen atoms in total. The maximum absolute atomic E-state index is 11.9. The number of anilines is 2. The largest absolute Gasteiger partial charge is 0.399 e. The Hall–Kier alpha value is -1.55. The Bertz CT molecular complexity index is 432. The van der Waals surface area contributed by atoms with Gasteiger partial charge in [-0.1, -0.05) is 6.92 Å².